The van der Waals surface area contributed by atoms with Gasteiger partial charge in [0.1, 0.15) is 18.2 Å². The van der Waals surface area contributed by atoms with Crippen LogP contribution in [-0.4, -0.2) is 15.6 Å². The van der Waals surface area contributed by atoms with E-state index in [-0.39, 0.29) is 17.9 Å². The highest BCUT2D eigenvalue weighted by atomic mass is 16.1. The molecule has 1 heterocycles. The molecule has 2 aromatic carbocycles. The molecule has 1 aromatic heterocycles. The Morgan fingerprint density at radius 3 is 2.67 bits per heavy atom. The van der Waals surface area contributed by atoms with Gasteiger partial charge >= 0.3 is 0 Å². The minimum Gasteiger partial charge on any atom is -0.292 e. The van der Waals surface area contributed by atoms with Gasteiger partial charge in [0.05, 0.1) is 5.69 Å². The number of carbonyl (C=O) groups is 1. The van der Waals surface area contributed by atoms with Crippen molar-refractivity contribution in [2.75, 3.05) is 0 Å². The van der Waals surface area contributed by atoms with E-state index in [0.29, 0.717) is 16.8 Å². The molecule has 1 aliphatic rings. The van der Waals surface area contributed by atoms with Gasteiger partial charge in [-0.1, -0.05) is 36.4 Å². The van der Waals surface area contributed by atoms with Gasteiger partial charge in [0.2, 0.25) is 0 Å². The second kappa shape index (κ2) is 6.33. The lowest BCUT2D eigenvalue weighted by atomic mass is 10.0. The first-order chi connectivity index (χ1) is 13.0. The number of aromatic nitrogens is 2. The molecule has 1 aliphatic carbocycles. The predicted octanol–water partition coefficient (Wildman–Crippen LogP) is 3.19. The molecule has 5 heteroatoms. The van der Waals surface area contributed by atoms with E-state index >= 15 is 0 Å². The van der Waals surface area contributed by atoms with Gasteiger partial charge in [0.15, 0.2) is 5.78 Å². The van der Waals surface area contributed by atoms with Crippen molar-refractivity contribution < 1.29 is 4.79 Å². The van der Waals surface area contributed by atoms with Gasteiger partial charge in [-0.15, -0.1) is 0 Å². The quantitative estimate of drug-likeness (QED) is 0.529. The third-order valence-electron chi connectivity index (χ3n) is 5.16. The van der Waals surface area contributed by atoms with Crippen LogP contribution in [0, 0.1) is 25.2 Å². The third-order valence-corrected chi connectivity index (χ3v) is 5.16. The number of rotatable bonds is 3. The monoisotopic (exact) mass is 355 g/mol. The second-order valence-corrected chi connectivity index (χ2v) is 6.79. The van der Waals surface area contributed by atoms with Gasteiger partial charge in [-0.2, -0.15) is 10.4 Å². The average Bonchev–Trinajstić information content (AvgIpc) is 3.04. The van der Waals surface area contributed by atoms with Crippen LogP contribution in [0.4, 0.5) is 0 Å². The van der Waals surface area contributed by atoms with E-state index in [9.17, 15) is 14.9 Å². The van der Waals surface area contributed by atoms with E-state index in [2.05, 4.69) is 17.2 Å². The number of nitriles is 1. The number of aryl methyl sites for hydroxylation is 1. The molecule has 0 radical (unpaired) electrons. The summed E-state index contributed by atoms with van der Waals surface area (Å²) in [7, 11) is 0. The molecule has 0 saturated carbocycles. The zero-order chi connectivity index (χ0) is 19.1. The van der Waals surface area contributed by atoms with Gasteiger partial charge in [-0.05, 0) is 54.2 Å². The van der Waals surface area contributed by atoms with Crippen LogP contribution in [0.5, 0.6) is 0 Å². The first-order valence-corrected chi connectivity index (χ1v) is 8.72. The molecule has 132 valence electrons. The van der Waals surface area contributed by atoms with Crippen LogP contribution in [0.25, 0.3) is 11.1 Å². The van der Waals surface area contributed by atoms with Crippen LogP contribution >= 0.6 is 0 Å². The van der Waals surface area contributed by atoms with Gasteiger partial charge in [0.25, 0.3) is 5.56 Å². The summed E-state index contributed by atoms with van der Waals surface area (Å²) >= 11 is 0. The Hall–Kier alpha value is -3.52. The van der Waals surface area contributed by atoms with Crippen LogP contribution in [0.2, 0.25) is 0 Å². The van der Waals surface area contributed by atoms with Crippen LogP contribution in [-0.2, 0) is 13.0 Å². The van der Waals surface area contributed by atoms with Crippen molar-refractivity contribution in [3.63, 3.8) is 0 Å². The van der Waals surface area contributed by atoms with Gasteiger partial charge in [-0.3, -0.25) is 9.59 Å². The molecule has 0 atom stereocenters. The number of fused-ring (bicyclic) bond motifs is 3. The smallest absolute Gasteiger partial charge is 0.285 e. The van der Waals surface area contributed by atoms with Crippen molar-refractivity contribution in [1.82, 2.24) is 9.78 Å². The van der Waals surface area contributed by atoms with E-state index in [0.717, 1.165) is 22.2 Å². The number of hydrogen-bond acceptors (Lipinski definition) is 4. The van der Waals surface area contributed by atoms with Gasteiger partial charge in [0, 0.05) is 5.56 Å². The molecule has 3 aromatic rings. The fourth-order valence-corrected chi connectivity index (χ4v) is 3.54. The molecule has 4 rings (SSSR count). The summed E-state index contributed by atoms with van der Waals surface area (Å²) in [5.41, 5.74) is 5.84. The molecule has 0 saturated heterocycles. The van der Waals surface area contributed by atoms with Crippen LogP contribution in [0.1, 0.15) is 38.3 Å². The lowest BCUT2D eigenvalue weighted by Crippen LogP contribution is -2.30. The Bertz CT molecular complexity index is 1200. The predicted molar refractivity (Wildman–Crippen MR) is 102 cm³/mol. The number of benzene rings is 2. The zero-order valence-electron chi connectivity index (χ0n) is 15.1. The highest BCUT2D eigenvalue weighted by molar-refractivity contribution is 5.97. The minimum absolute atomic E-state index is 0.0400. The topological polar surface area (TPSA) is 75.8 Å². The first kappa shape index (κ1) is 16.9. The van der Waals surface area contributed by atoms with E-state index in [1.165, 1.54) is 11.1 Å². The van der Waals surface area contributed by atoms with Crippen molar-refractivity contribution in [3.8, 4) is 17.2 Å². The molecular formula is C22H17N3O2. The molecule has 0 aliphatic heterocycles. The Morgan fingerprint density at radius 2 is 1.89 bits per heavy atom. The van der Waals surface area contributed by atoms with Crippen molar-refractivity contribution >= 4 is 5.78 Å². The van der Waals surface area contributed by atoms with Crippen LogP contribution < -0.4 is 5.56 Å². The van der Waals surface area contributed by atoms with E-state index in [1.807, 2.05) is 30.3 Å². The Kier molecular flexibility index (Phi) is 3.97. The zero-order valence-corrected chi connectivity index (χ0v) is 15.1. The van der Waals surface area contributed by atoms with Crippen molar-refractivity contribution in [2.24, 2.45) is 0 Å². The molecule has 0 amide bonds. The summed E-state index contributed by atoms with van der Waals surface area (Å²) in [4.78, 5) is 25.2. The van der Waals surface area contributed by atoms with Crippen LogP contribution in [0.3, 0.4) is 0 Å². The molecule has 0 unspecified atom stereocenters. The van der Waals surface area contributed by atoms with Crippen molar-refractivity contribution in [2.45, 2.75) is 26.8 Å². The Labute approximate surface area is 156 Å². The lowest BCUT2D eigenvalue weighted by Gasteiger charge is -2.09. The van der Waals surface area contributed by atoms with E-state index in [1.54, 1.807) is 19.9 Å². The fourth-order valence-electron chi connectivity index (χ4n) is 3.54. The number of nitrogens with zero attached hydrogens (tertiary/aromatic N) is 3. The summed E-state index contributed by atoms with van der Waals surface area (Å²) in [6.07, 6.45) is 0.865. The molecule has 0 spiro atoms. The lowest BCUT2D eigenvalue weighted by molar-refractivity contribution is 0.0965. The highest BCUT2D eigenvalue weighted by Crippen LogP contribution is 2.36. The van der Waals surface area contributed by atoms with Gasteiger partial charge < -0.3 is 0 Å². The van der Waals surface area contributed by atoms with Crippen molar-refractivity contribution in [1.29, 1.82) is 5.26 Å². The van der Waals surface area contributed by atoms with Crippen LogP contribution in [0.15, 0.2) is 47.3 Å². The standard InChI is InChI=1S/C22H17N3O2/c1-13-14(2)24-25(22(27)20(13)11-23)12-21(26)17-8-7-16-9-15-5-3-4-6-18(15)19(16)10-17/h3-8,10H,9,12H2,1-2H3. The average molecular weight is 355 g/mol. The molecular weight excluding hydrogens is 338 g/mol. The second-order valence-electron chi connectivity index (χ2n) is 6.79. The maximum Gasteiger partial charge on any atom is 0.285 e. The molecule has 5 nitrogen and oxygen atoms in total. The van der Waals surface area contributed by atoms with Gasteiger partial charge in [-0.25, -0.2) is 4.68 Å². The maximum absolute atomic E-state index is 12.8. The summed E-state index contributed by atoms with van der Waals surface area (Å²) in [5.74, 6) is -0.205. The Morgan fingerprint density at radius 1 is 1.15 bits per heavy atom. The summed E-state index contributed by atoms with van der Waals surface area (Å²) in [5, 5.41) is 13.4. The maximum atomic E-state index is 12.8. The highest BCUT2D eigenvalue weighted by Gasteiger charge is 2.20. The first-order valence-electron chi connectivity index (χ1n) is 8.72. The third kappa shape index (κ3) is 2.76. The molecule has 0 N–H and O–H groups in total. The SMILES string of the molecule is Cc1nn(CC(=O)c2ccc3c(c2)-c2ccccc2C3)c(=O)c(C#N)c1C. The molecule has 0 fully saturated rings. The summed E-state index contributed by atoms with van der Waals surface area (Å²) in [6, 6.07) is 15.7. The number of Topliss-reactive ketones (excluding diaryl/α,β-unsaturated/α-hetero) is 1. The van der Waals surface area contributed by atoms with E-state index < -0.39 is 5.56 Å². The fraction of sp³-hybridized carbons (Fsp3) is 0.182. The largest absolute Gasteiger partial charge is 0.292 e. The minimum atomic E-state index is -0.527. The normalized spacial score (nSPS) is 11.6. The van der Waals surface area contributed by atoms with E-state index in [4.69, 9.17) is 0 Å². The molecule has 27 heavy (non-hydrogen) atoms. The van der Waals surface area contributed by atoms with Crippen molar-refractivity contribution in [3.05, 3.63) is 86.3 Å². The number of carbonyl (C=O) groups excluding carboxylic acids is 1. The summed E-state index contributed by atoms with van der Waals surface area (Å²) in [6.45, 7) is 3.23. The number of hydrogen-bond donors (Lipinski definition) is 0. The Balaban J connectivity index is 1.70. The molecule has 0 bridgehead atoms. The summed E-state index contributed by atoms with van der Waals surface area (Å²) < 4.78 is 1.09. The number of ketones is 1.